The molecule has 1 aliphatic rings. The third-order valence-corrected chi connectivity index (χ3v) is 6.38. The van der Waals surface area contributed by atoms with E-state index in [0.717, 1.165) is 42.6 Å². The zero-order valence-corrected chi connectivity index (χ0v) is 17.8. The van der Waals surface area contributed by atoms with E-state index in [9.17, 15) is 10.1 Å². The molecule has 1 amide bonds. The first-order valence-corrected chi connectivity index (χ1v) is 10.6. The molecule has 0 aliphatic heterocycles. The summed E-state index contributed by atoms with van der Waals surface area (Å²) in [5, 5.41) is 13.8. The lowest BCUT2D eigenvalue weighted by atomic mass is 9.96. The summed E-state index contributed by atoms with van der Waals surface area (Å²) in [6.45, 7) is 1.22. The third kappa shape index (κ3) is 4.85. The molecule has 7 heteroatoms. The van der Waals surface area contributed by atoms with E-state index in [1.807, 2.05) is 19.2 Å². The fourth-order valence-electron chi connectivity index (χ4n) is 3.49. The van der Waals surface area contributed by atoms with Crippen molar-refractivity contribution >= 4 is 33.8 Å². The van der Waals surface area contributed by atoms with Gasteiger partial charge in [-0.15, -0.1) is 11.3 Å². The van der Waals surface area contributed by atoms with E-state index in [1.54, 1.807) is 24.5 Å². The molecule has 1 heterocycles. The van der Waals surface area contributed by atoms with Crippen molar-refractivity contribution in [1.29, 1.82) is 5.26 Å². The van der Waals surface area contributed by atoms with Crippen LogP contribution in [0.25, 0.3) is 0 Å². The van der Waals surface area contributed by atoms with Crippen LogP contribution in [0.1, 0.15) is 40.8 Å². The first-order chi connectivity index (χ1) is 13.5. The Bertz CT molecular complexity index is 904. The second-order valence-electron chi connectivity index (χ2n) is 7.02. The van der Waals surface area contributed by atoms with Crippen LogP contribution in [0.2, 0.25) is 5.02 Å². The summed E-state index contributed by atoms with van der Waals surface area (Å²) in [6.07, 6.45) is 4.57. The number of nitrogens with zero attached hydrogens (tertiary/aromatic N) is 2. The highest BCUT2D eigenvalue weighted by Gasteiger charge is 2.21. The lowest BCUT2D eigenvalue weighted by Crippen LogP contribution is -2.24. The molecule has 0 unspecified atom stereocenters. The topological polar surface area (TPSA) is 65.4 Å². The Kier molecular flexibility index (Phi) is 6.95. The zero-order valence-electron chi connectivity index (χ0n) is 16.2. The van der Waals surface area contributed by atoms with E-state index >= 15 is 0 Å². The monoisotopic (exact) mass is 417 g/mol. The molecule has 148 valence electrons. The molecule has 3 rings (SSSR count). The molecule has 1 N–H and O–H groups in total. The molecule has 0 saturated carbocycles. The van der Waals surface area contributed by atoms with Gasteiger partial charge >= 0.3 is 0 Å². The van der Waals surface area contributed by atoms with Crippen molar-refractivity contribution in [2.24, 2.45) is 0 Å². The van der Waals surface area contributed by atoms with Crippen molar-refractivity contribution in [1.82, 2.24) is 4.90 Å². The minimum absolute atomic E-state index is 0.0694. The van der Waals surface area contributed by atoms with Gasteiger partial charge < -0.3 is 15.0 Å². The molecular weight excluding hydrogens is 394 g/mol. The zero-order chi connectivity index (χ0) is 20.1. The molecular formula is C21H24ClN3O2S. The molecule has 5 nitrogen and oxygen atoms in total. The number of nitriles is 1. The number of rotatable bonds is 7. The molecule has 0 fully saturated rings. The largest absolute Gasteiger partial charge is 0.496 e. The van der Waals surface area contributed by atoms with Crippen molar-refractivity contribution in [3.8, 4) is 11.8 Å². The number of halogens is 1. The van der Waals surface area contributed by atoms with Gasteiger partial charge in [-0.25, -0.2) is 0 Å². The SMILES string of the molecule is COc1ccc(Cl)cc1CN(C)CCC(=O)Nc1sc2c(c1C#N)CCCC2. The number of aryl methyl sites for hydroxylation is 1. The van der Waals surface area contributed by atoms with E-state index in [2.05, 4.69) is 16.3 Å². The van der Waals surface area contributed by atoms with Gasteiger partial charge in [0.2, 0.25) is 5.91 Å². The van der Waals surface area contributed by atoms with Crippen LogP contribution in [0.4, 0.5) is 5.00 Å². The quantitative estimate of drug-likeness (QED) is 0.713. The predicted octanol–water partition coefficient (Wildman–Crippen LogP) is 4.62. The molecule has 1 aromatic heterocycles. The summed E-state index contributed by atoms with van der Waals surface area (Å²) in [5.74, 6) is 0.712. The van der Waals surface area contributed by atoms with Crippen molar-refractivity contribution in [3.05, 3.63) is 44.8 Å². The number of thiophene rings is 1. The highest BCUT2D eigenvalue weighted by Crippen LogP contribution is 2.37. The summed E-state index contributed by atoms with van der Waals surface area (Å²) in [7, 11) is 3.59. The Hall–Kier alpha value is -2.07. The van der Waals surface area contributed by atoms with Crippen LogP contribution in [0, 0.1) is 11.3 Å². The van der Waals surface area contributed by atoms with Gasteiger partial charge in [0.05, 0.1) is 12.7 Å². The number of ether oxygens (including phenoxy) is 1. The lowest BCUT2D eigenvalue weighted by molar-refractivity contribution is -0.116. The second kappa shape index (κ2) is 9.42. The number of carbonyl (C=O) groups is 1. The number of amides is 1. The molecule has 1 aromatic carbocycles. The standard InChI is InChI=1S/C21H24ClN3O2S/c1-25(13-14-11-15(22)7-8-18(14)27-2)10-9-20(26)24-21-17(12-23)16-5-3-4-6-19(16)28-21/h7-8,11H,3-6,9-10,13H2,1-2H3,(H,24,26). The molecule has 0 spiro atoms. The number of fused-ring (bicyclic) bond motifs is 1. The van der Waals surface area contributed by atoms with Crippen LogP contribution in [0.3, 0.4) is 0 Å². The first kappa shape index (κ1) is 20.7. The van der Waals surface area contributed by atoms with Gasteiger partial charge in [0.15, 0.2) is 0 Å². The number of hydrogen-bond acceptors (Lipinski definition) is 5. The van der Waals surface area contributed by atoms with Gasteiger partial charge in [-0.2, -0.15) is 5.26 Å². The van der Waals surface area contributed by atoms with Gasteiger partial charge in [0.25, 0.3) is 0 Å². The number of hydrogen-bond donors (Lipinski definition) is 1. The van der Waals surface area contributed by atoms with Crippen LogP contribution in [-0.4, -0.2) is 31.5 Å². The summed E-state index contributed by atoms with van der Waals surface area (Å²) in [6, 6.07) is 7.81. The number of nitrogens with one attached hydrogen (secondary N) is 1. The average molecular weight is 418 g/mol. The van der Waals surface area contributed by atoms with Crippen LogP contribution >= 0.6 is 22.9 Å². The van der Waals surface area contributed by atoms with E-state index in [0.29, 0.717) is 35.1 Å². The molecule has 2 aromatic rings. The molecule has 28 heavy (non-hydrogen) atoms. The fourth-order valence-corrected chi connectivity index (χ4v) is 4.94. The molecule has 0 atom stereocenters. The molecule has 0 saturated heterocycles. The number of methoxy groups -OCH3 is 1. The maximum absolute atomic E-state index is 12.4. The average Bonchev–Trinajstić information content (AvgIpc) is 3.03. The summed E-state index contributed by atoms with van der Waals surface area (Å²) in [5.41, 5.74) is 2.78. The van der Waals surface area contributed by atoms with Crippen molar-refractivity contribution in [2.45, 2.75) is 38.6 Å². The van der Waals surface area contributed by atoms with Gasteiger partial charge in [0, 0.05) is 35.0 Å². The van der Waals surface area contributed by atoms with E-state index in [4.69, 9.17) is 16.3 Å². The van der Waals surface area contributed by atoms with Crippen molar-refractivity contribution in [3.63, 3.8) is 0 Å². The van der Waals surface area contributed by atoms with Crippen LogP contribution < -0.4 is 10.1 Å². The maximum atomic E-state index is 12.4. The van der Waals surface area contributed by atoms with E-state index < -0.39 is 0 Å². The van der Waals surface area contributed by atoms with Gasteiger partial charge in [-0.05, 0) is 56.5 Å². The molecule has 0 radical (unpaired) electrons. The van der Waals surface area contributed by atoms with Crippen molar-refractivity contribution in [2.75, 3.05) is 26.0 Å². The molecule has 0 bridgehead atoms. The Balaban J connectivity index is 1.57. The van der Waals surface area contributed by atoms with Gasteiger partial charge in [-0.1, -0.05) is 11.6 Å². The van der Waals surface area contributed by atoms with E-state index in [-0.39, 0.29) is 5.91 Å². The van der Waals surface area contributed by atoms with E-state index in [1.165, 1.54) is 4.88 Å². The number of carbonyl (C=O) groups excluding carboxylic acids is 1. The minimum atomic E-state index is -0.0694. The van der Waals surface area contributed by atoms with Crippen LogP contribution in [0.5, 0.6) is 5.75 Å². The summed E-state index contributed by atoms with van der Waals surface area (Å²) >= 11 is 7.64. The minimum Gasteiger partial charge on any atom is -0.496 e. The highest BCUT2D eigenvalue weighted by molar-refractivity contribution is 7.16. The Morgan fingerprint density at radius 1 is 1.39 bits per heavy atom. The Labute approximate surface area is 174 Å². The Morgan fingerprint density at radius 2 is 2.18 bits per heavy atom. The highest BCUT2D eigenvalue weighted by atomic mass is 35.5. The molecule has 1 aliphatic carbocycles. The van der Waals surface area contributed by atoms with Gasteiger partial charge in [0.1, 0.15) is 16.8 Å². The number of anilines is 1. The summed E-state index contributed by atoms with van der Waals surface area (Å²) < 4.78 is 5.38. The summed E-state index contributed by atoms with van der Waals surface area (Å²) in [4.78, 5) is 15.7. The fraction of sp³-hybridized carbons (Fsp3) is 0.429. The smallest absolute Gasteiger partial charge is 0.226 e. The first-order valence-electron chi connectivity index (χ1n) is 9.37. The normalized spacial score (nSPS) is 13.1. The number of benzene rings is 1. The lowest BCUT2D eigenvalue weighted by Gasteiger charge is -2.18. The predicted molar refractivity (Wildman–Crippen MR) is 113 cm³/mol. The Morgan fingerprint density at radius 3 is 2.93 bits per heavy atom. The van der Waals surface area contributed by atoms with Crippen LogP contribution in [0.15, 0.2) is 18.2 Å². The van der Waals surface area contributed by atoms with Gasteiger partial charge in [-0.3, -0.25) is 4.79 Å². The second-order valence-corrected chi connectivity index (χ2v) is 8.56. The third-order valence-electron chi connectivity index (χ3n) is 4.94. The maximum Gasteiger partial charge on any atom is 0.226 e. The van der Waals surface area contributed by atoms with Crippen LogP contribution in [-0.2, 0) is 24.2 Å². The van der Waals surface area contributed by atoms with Crippen molar-refractivity contribution < 1.29 is 9.53 Å².